The molecule has 1 amide bonds. The fourth-order valence-electron chi connectivity index (χ4n) is 3.33. The number of allylic oxidation sites excluding steroid dienone is 2. The Morgan fingerprint density at radius 2 is 2.10 bits per heavy atom. The average Bonchev–Trinajstić information content (AvgIpc) is 3.12. The van der Waals surface area contributed by atoms with Crippen LogP contribution in [-0.2, 0) is 4.79 Å². The van der Waals surface area contributed by atoms with Crippen molar-refractivity contribution in [1.82, 2.24) is 0 Å². The molecule has 1 aromatic carbocycles. The molecule has 1 fully saturated rings. The van der Waals surface area contributed by atoms with Crippen molar-refractivity contribution in [2.24, 2.45) is 17.8 Å². The second kappa shape index (κ2) is 6.33. The molecule has 0 spiro atoms. The minimum Gasteiger partial charge on any atom is -0.494 e. The molecule has 0 radical (unpaired) electrons. The first kappa shape index (κ1) is 14.2. The monoisotopic (exact) mass is 285 g/mol. The van der Waals surface area contributed by atoms with Crippen molar-refractivity contribution in [2.75, 3.05) is 11.9 Å². The van der Waals surface area contributed by atoms with Crippen LogP contribution in [0.2, 0.25) is 0 Å². The molecular formula is C18H23NO2. The highest BCUT2D eigenvalue weighted by Gasteiger charge is 2.52. The van der Waals surface area contributed by atoms with E-state index >= 15 is 0 Å². The molecule has 0 heterocycles. The Labute approximate surface area is 126 Å². The molecular weight excluding hydrogens is 262 g/mol. The number of benzene rings is 1. The van der Waals surface area contributed by atoms with Gasteiger partial charge < -0.3 is 10.1 Å². The zero-order valence-electron chi connectivity index (χ0n) is 12.5. The van der Waals surface area contributed by atoms with Crippen LogP contribution in [0.25, 0.3) is 0 Å². The fourth-order valence-corrected chi connectivity index (χ4v) is 3.33. The molecule has 0 aliphatic heterocycles. The first-order chi connectivity index (χ1) is 10.3. The van der Waals surface area contributed by atoms with Crippen LogP contribution in [0.4, 0.5) is 5.69 Å². The Balaban J connectivity index is 1.59. The standard InChI is InChI=1S/C18H23NO2/c1-2-21-14-11-9-13(10-12-14)19-18(20)17-15-7-5-3-4-6-8-16(15)17/h5,7,9-12,15-17H,2-4,6,8H2,1H3,(H,19,20)/t15-,16+,17+/m1/s1. The lowest BCUT2D eigenvalue weighted by Crippen LogP contribution is -2.15. The van der Waals surface area contributed by atoms with Crippen LogP contribution in [0.1, 0.15) is 32.6 Å². The third-order valence-electron chi connectivity index (χ3n) is 4.48. The highest BCUT2D eigenvalue weighted by atomic mass is 16.5. The van der Waals surface area contributed by atoms with Gasteiger partial charge in [-0.25, -0.2) is 0 Å². The van der Waals surface area contributed by atoms with E-state index < -0.39 is 0 Å². The quantitative estimate of drug-likeness (QED) is 0.849. The van der Waals surface area contributed by atoms with Gasteiger partial charge in [0, 0.05) is 11.6 Å². The van der Waals surface area contributed by atoms with Gasteiger partial charge in [-0.15, -0.1) is 0 Å². The van der Waals surface area contributed by atoms with E-state index in [1.54, 1.807) is 0 Å². The molecule has 3 heteroatoms. The van der Waals surface area contributed by atoms with Gasteiger partial charge in [0.25, 0.3) is 0 Å². The second-order valence-corrected chi connectivity index (χ2v) is 5.93. The topological polar surface area (TPSA) is 38.3 Å². The van der Waals surface area contributed by atoms with Crippen molar-refractivity contribution in [3.63, 3.8) is 0 Å². The Kier molecular flexibility index (Phi) is 4.28. The minimum atomic E-state index is 0.167. The Hall–Kier alpha value is -1.77. The van der Waals surface area contributed by atoms with Gasteiger partial charge in [0.05, 0.1) is 6.61 Å². The van der Waals surface area contributed by atoms with Crippen LogP contribution in [0, 0.1) is 17.8 Å². The third-order valence-corrected chi connectivity index (χ3v) is 4.48. The van der Waals surface area contributed by atoms with Crippen molar-refractivity contribution >= 4 is 11.6 Å². The van der Waals surface area contributed by atoms with E-state index in [0.29, 0.717) is 18.4 Å². The Morgan fingerprint density at radius 1 is 1.29 bits per heavy atom. The third kappa shape index (κ3) is 3.29. The van der Waals surface area contributed by atoms with Gasteiger partial charge in [-0.1, -0.05) is 18.6 Å². The van der Waals surface area contributed by atoms with Gasteiger partial charge in [0.2, 0.25) is 5.91 Å². The number of carbonyl (C=O) groups is 1. The van der Waals surface area contributed by atoms with Crippen molar-refractivity contribution in [3.8, 4) is 5.75 Å². The molecule has 0 unspecified atom stereocenters. The number of ether oxygens (including phenoxy) is 1. The molecule has 0 aromatic heterocycles. The summed E-state index contributed by atoms with van der Waals surface area (Å²) in [5.41, 5.74) is 0.853. The zero-order valence-corrected chi connectivity index (χ0v) is 12.5. The number of hydrogen-bond acceptors (Lipinski definition) is 2. The molecule has 112 valence electrons. The molecule has 0 bridgehead atoms. The van der Waals surface area contributed by atoms with Crippen LogP contribution >= 0.6 is 0 Å². The van der Waals surface area contributed by atoms with Gasteiger partial charge in [-0.2, -0.15) is 0 Å². The average molecular weight is 285 g/mol. The van der Waals surface area contributed by atoms with E-state index in [9.17, 15) is 4.79 Å². The summed E-state index contributed by atoms with van der Waals surface area (Å²) in [6.07, 6.45) is 9.37. The summed E-state index contributed by atoms with van der Waals surface area (Å²) < 4.78 is 5.41. The molecule has 3 atom stereocenters. The molecule has 1 N–H and O–H groups in total. The number of fused-ring (bicyclic) bond motifs is 1. The van der Waals surface area contributed by atoms with Gasteiger partial charge in [-0.05, 0) is 62.3 Å². The van der Waals surface area contributed by atoms with Crippen molar-refractivity contribution in [2.45, 2.75) is 32.6 Å². The van der Waals surface area contributed by atoms with E-state index in [2.05, 4.69) is 17.5 Å². The molecule has 2 aliphatic rings. The van der Waals surface area contributed by atoms with Gasteiger partial charge in [0.1, 0.15) is 5.75 Å². The van der Waals surface area contributed by atoms with Crippen LogP contribution < -0.4 is 10.1 Å². The maximum Gasteiger partial charge on any atom is 0.228 e. The molecule has 0 saturated heterocycles. The van der Waals surface area contributed by atoms with Crippen molar-refractivity contribution < 1.29 is 9.53 Å². The summed E-state index contributed by atoms with van der Waals surface area (Å²) in [6, 6.07) is 7.61. The smallest absolute Gasteiger partial charge is 0.228 e. The second-order valence-electron chi connectivity index (χ2n) is 5.93. The predicted molar refractivity (Wildman–Crippen MR) is 84.3 cm³/mol. The summed E-state index contributed by atoms with van der Waals surface area (Å²) in [6.45, 7) is 2.62. The lowest BCUT2D eigenvalue weighted by molar-refractivity contribution is -0.117. The first-order valence-corrected chi connectivity index (χ1v) is 8.00. The van der Waals surface area contributed by atoms with Crippen LogP contribution in [0.3, 0.4) is 0 Å². The number of amides is 1. The van der Waals surface area contributed by atoms with E-state index in [-0.39, 0.29) is 11.8 Å². The first-order valence-electron chi connectivity index (χ1n) is 8.00. The van der Waals surface area contributed by atoms with E-state index in [1.165, 1.54) is 19.3 Å². The minimum absolute atomic E-state index is 0.167. The molecule has 3 rings (SSSR count). The largest absolute Gasteiger partial charge is 0.494 e. The Bertz CT molecular complexity index is 521. The zero-order chi connectivity index (χ0) is 14.7. The summed E-state index contributed by atoms with van der Waals surface area (Å²) in [7, 11) is 0. The molecule has 1 saturated carbocycles. The number of hydrogen-bond donors (Lipinski definition) is 1. The Morgan fingerprint density at radius 3 is 2.86 bits per heavy atom. The lowest BCUT2D eigenvalue weighted by Gasteiger charge is -2.07. The van der Waals surface area contributed by atoms with E-state index in [0.717, 1.165) is 17.9 Å². The van der Waals surface area contributed by atoms with Crippen LogP contribution in [0.15, 0.2) is 36.4 Å². The van der Waals surface area contributed by atoms with Gasteiger partial charge in [0.15, 0.2) is 0 Å². The van der Waals surface area contributed by atoms with Gasteiger partial charge in [-0.3, -0.25) is 4.79 Å². The molecule has 2 aliphatic carbocycles. The number of carbonyl (C=O) groups excluding carboxylic acids is 1. The molecule has 3 nitrogen and oxygen atoms in total. The molecule has 1 aromatic rings. The summed E-state index contributed by atoms with van der Waals surface area (Å²) in [5.74, 6) is 2.20. The highest BCUT2D eigenvalue weighted by Crippen LogP contribution is 2.51. The van der Waals surface area contributed by atoms with Crippen molar-refractivity contribution in [1.29, 1.82) is 0 Å². The number of nitrogens with one attached hydrogen (secondary N) is 1. The summed E-state index contributed by atoms with van der Waals surface area (Å²) >= 11 is 0. The maximum atomic E-state index is 12.4. The van der Waals surface area contributed by atoms with E-state index in [1.807, 2.05) is 31.2 Å². The lowest BCUT2D eigenvalue weighted by atomic mass is 10.1. The SMILES string of the molecule is CCOc1ccc(NC(=O)[C@H]2[C@@H]3C=CCCCC[C@@H]32)cc1. The molecule has 21 heavy (non-hydrogen) atoms. The highest BCUT2D eigenvalue weighted by molar-refractivity contribution is 5.95. The van der Waals surface area contributed by atoms with Gasteiger partial charge >= 0.3 is 0 Å². The summed E-state index contributed by atoms with van der Waals surface area (Å²) in [5, 5.41) is 3.04. The van der Waals surface area contributed by atoms with Crippen molar-refractivity contribution in [3.05, 3.63) is 36.4 Å². The number of rotatable bonds is 4. The summed E-state index contributed by atoms with van der Waals surface area (Å²) in [4.78, 5) is 12.4. The van der Waals surface area contributed by atoms with Crippen LogP contribution in [0.5, 0.6) is 5.75 Å². The maximum absolute atomic E-state index is 12.4. The normalized spacial score (nSPS) is 27.2. The fraction of sp³-hybridized carbons (Fsp3) is 0.500. The predicted octanol–water partition coefficient (Wildman–Crippen LogP) is 4.02. The number of anilines is 1. The van der Waals surface area contributed by atoms with E-state index in [4.69, 9.17) is 4.74 Å². The van der Waals surface area contributed by atoms with Crippen LogP contribution in [-0.4, -0.2) is 12.5 Å².